The summed E-state index contributed by atoms with van der Waals surface area (Å²) >= 11 is 5.86. The monoisotopic (exact) mass is 265 g/mol. The molecule has 1 unspecified atom stereocenters. The molecule has 0 bridgehead atoms. The maximum absolute atomic E-state index is 5.86. The zero-order chi connectivity index (χ0) is 13.3. The van der Waals surface area contributed by atoms with Crippen LogP contribution >= 0.6 is 11.6 Å². The molecule has 1 atom stereocenters. The lowest BCUT2D eigenvalue weighted by Gasteiger charge is -2.15. The lowest BCUT2D eigenvalue weighted by atomic mass is 10.1. The molecule has 2 rings (SSSR count). The van der Waals surface area contributed by atoms with Crippen molar-refractivity contribution >= 4 is 23.1 Å². The molecular weight excluding hydrogens is 250 g/mol. The van der Waals surface area contributed by atoms with Gasteiger partial charge in [0.05, 0.1) is 11.7 Å². The first-order valence-electron chi connectivity index (χ1n) is 5.73. The van der Waals surface area contributed by atoms with E-state index in [0.29, 0.717) is 16.7 Å². The number of anilines is 2. The summed E-state index contributed by atoms with van der Waals surface area (Å²) in [5.74, 6) is 2.38. The van der Waals surface area contributed by atoms with Gasteiger partial charge in [-0.3, -0.25) is 0 Å². The average Bonchev–Trinajstić information content (AvgIpc) is 2.63. The molecule has 0 aliphatic heterocycles. The Morgan fingerprint density at radius 2 is 2.11 bits per heavy atom. The van der Waals surface area contributed by atoms with Gasteiger partial charge in [-0.15, -0.1) is 0 Å². The number of nitrogens with one attached hydrogen (secondary N) is 1. The molecular formula is C13H16ClN3O. The van der Waals surface area contributed by atoms with Crippen LogP contribution < -0.4 is 11.1 Å². The first kappa shape index (κ1) is 12.8. The second-order valence-corrected chi connectivity index (χ2v) is 4.69. The van der Waals surface area contributed by atoms with Gasteiger partial charge in [-0.1, -0.05) is 11.6 Å². The summed E-state index contributed by atoms with van der Waals surface area (Å²) in [4.78, 5) is 4.17. The molecule has 0 fully saturated rings. The van der Waals surface area contributed by atoms with E-state index in [9.17, 15) is 0 Å². The van der Waals surface area contributed by atoms with E-state index >= 15 is 0 Å². The van der Waals surface area contributed by atoms with Gasteiger partial charge in [0.25, 0.3) is 0 Å². The molecule has 2 heterocycles. The first-order valence-corrected chi connectivity index (χ1v) is 6.10. The Hall–Kier alpha value is -1.68. The summed E-state index contributed by atoms with van der Waals surface area (Å²) < 4.78 is 5.51. The fourth-order valence-electron chi connectivity index (χ4n) is 1.92. The van der Waals surface area contributed by atoms with Gasteiger partial charge < -0.3 is 15.5 Å². The van der Waals surface area contributed by atoms with Gasteiger partial charge in [-0.25, -0.2) is 4.98 Å². The number of rotatable bonds is 3. The number of nitrogen functional groups attached to an aromatic ring is 1. The van der Waals surface area contributed by atoms with E-state index in [2.05, 4.69) is 10.3 Å². The zero-order valence-corrected chi connectivity index (χ0v) is 11.4. The molecule has 5 heteroatoms. The first-order chi connectivity index (χ1) is 8.47. The molecule has 18 heavy (non-hydrogen) atoms. The van der Waals surface area contributed by atoms with E-state index in [-0.39, 0.29) is 6.04 Å². The Kier molecular flexibility index (Phi) is 3.48. The van der Waals surface area contributed by atoms with Gasteiger partial charge in [-0.05, 0) is 39.0 Å². The van der Waals surface area contributed by atoms with Crippen molar-refractivity contribution in [3.8, 4) is 0 Å². The van der Waals surface area contributed by atoms with Crippen LogP contribution in [-0.2, 0) is 0 Å². The predicted octanol–water partition coefficient (Wildman–Crippen LogP) is 3.70. The summed E-state index contributed by atoms with van der Waals surface area (Å²) in [6.07, 6.45) is 0. The number of aromatic nitrogens is 1. The molecule has 2 aromatic heterocycles. The topological polar surface area (TPSA) is 64.1 Å². The van der Waals surface area contributed by atoms with Crippen LogP contribution in [0.5, 0.6) is 0 Å². The highest BCUT2D eigenvalue weighted by molar-refractivity contribution is 6.29. The van der Waals surface area contributed by atoms with Crippen LogP contribution in [0.25, 0.3) is 0 Å². The lowest BCUT2D eigenvalue weighted by Crippen LogP contribution is -2.10. The summed E-state index contributed by atoms with van der Waals surface area (Å²) in [5.41, 5.74) is 7.52. The molecule has 0 aromatic carbocycles. The second kappa shape index (κ2) is 4.90. The Morgan fingerprint density at radius 1 is 1.39 bits per heavy atom. The van der Waals surface area contributed by atoms with Gasteiger partial charge in [0.15, 0.2) is 5.82 Å². The third kappa shape index (κ3) is 2.59. The van der Waals surface area contributed by atoms with Crippen LogP contribution in [0, 0.1) is 13.8 Å². The van der Waals surface area contributed by atoms with E-state index in [1.165, 1.54) is 0 Å². The highest BCUT2D eigenvalue weighted by atomic mass is 35.5. The van der Waals surface area contributed by atoms with Crippen molar-refractivity contribution in [3.63, 3.8) is 0 Å². The minimum atomic E-state index is 0.0516. The van der Waals surface area contributed by atoms with E-state index in [0.717, 1.165) is 17.1 Å². The Balaban J connectivity index is 2.23. The number of nitrogens with two attached hydrogens (primary N) is 1. The summed E-state index contributed by atoms with van der Waals surface area (Å²) in [7, 11) is 0. The lowest BCUT2D eigenvalue weighted by molar-refractivity contribution is 0.500. The van der Waals surface area contributed by atoms with Crippen molar-refractivity contribution < 1.29 is 4.42 Å². The molecule has 0 radical (unpaired) electrons. The Labute approximate surface area is 111 Å². The van der Waals surface area contributed by atoms with E-state index < -0.39 is 0 Å². The van der Waals surface area contributed by atoms with E-state index in [1.54, 1.807) is 12.1 Å². The Bertz CT molecular complexity index is 565. The van der Waals surface area contributed by atoms with Crippen LogP contribution in [0.1, 0.15) is 30.0 Å². The van der Waals surface area contributed by atoms with Gasteiger partial charge in [-0.2, -0.15) is 0 Å². The van der Waals surface area contributed by atoms with Crippen molar-refractivity contribution in [2.75, 3.05) is 11.1 Å². The number of halogens is 1. The molecule has 0 spiro atoms. The molecule has 0 saturated carbocycles. The molecule has 0 saturated heterocycles. The zero-order valence-electron chi connectivity index (χ0n) is 10.6. The van der Waals surface area contributed by atoms with Crippen LogP contribution in [0.3, 0.4) is 0 Å². The summed E-state index contributed by atoms with van der Waals surface area (Å²) in [5, 5.41) is 3.66. The molecule has 96 valence electrons. The van der Waals surface area contributed by atoms with Crippen molar-refractivity contribution in [1.29, 1.82) is 0 Å². The van der Waals surface area contributed by atoms with Crippen LogP contribution in [-0.4, -0.2) is 4.98 Å². The molecule has 0 amide bonds. The summed E-state index contributed by atoms with van der Waals surface area (Å²) in [6, 6.07) is 5.46. The number of pyridine rings is 1. The van der Waals surface area contributed by atoms with E-state index in [1.807, 2.05) is 26.8 Å². The highest BCUT2D eigenvalue weighted by Gasteiger charge is 2.14. The molecule has 2 aromatic rings. The third-order valence-electron chi connectivity index (χ3n) is 2.79. The maximum Gasteiger partial charge on any atom is 0.151 e. The smallest absolute Gasteiger partial charge is 0.151 e. The maximum atomic E-state index is 5.86. The van der Waals surface area contributed by atoms with Gasteiger partial charge in [0, 0.05) is 5.56 Å². The average molecular weight is 266 g/mol. The minimum Gasteiger partial charge on any atom is -0.466 e. The number of hydrogen-bond donors (Lipinski definition) is 2. The second-order valence-electron chi connectivity index (χ2n) is 4.31. The highest BCUT2D eigenvalue weighted by Crippen LogP contribution is 2.27. The number of furan rings is 1. The Morgan fingerprint density at radius 3 is 2.72 bits per heavy atom. The van der Waals surface area contributed by atoms with Gasteiger partial charge in [0.1, 0.15) is 16.7 Å². The van der Waals surface area contributed by atoms with Crippen molar-refractivity contribution in [2.24, 2.45) is 0 Å². The fraction of sp³-hybridized carbons (Fsp3) is 0.308. The molecule has 4 nitrogen and oxygen atoms in total. The van der Waals surface area contributed by atoms with Gasteiger partial charge >= 0.3 is 0 Å². The third-order valence-corrected chi connectivity index (χ3v) is 3.00. The molecule has 0 aliphatic rings. The van der Waals surface area contributed by atoms with Crippen LogP contribution in [0.2, 0.25) is 5.15 Å². The van der Waals surface area contributed by atoms with Crippen LogP contribution in [0.4, 0.5) is 11.5 Å². The molecule has 0 aliphatic carbocycles. The number of aryl methyl sites for hydroxylation is 2. The number of nitrogens with zero attached hydrogens (tertiary/aromatic N) is 1. The standard InChI is InChI=1S/C13H16ClN3O/c1-7-6-10(9(3)18-7)8(2)16-13-11(15)4-5-12(14)17-13/h4-6,8H,15H2,1-3H3,(H,16,17). The van der Waals surface area contributed by atoms with Crippen molar-refractivity contribution in [3.05, 3.63) is 40.4 Å². The SMILES string of the molecule is Cc1cc(C(C)Nc2nc(Cl)ccc2N)c(C)o1. The summed E-state index contributed by atoms with van der Waals surface area (Å²) in [6.45, 7) is 5.89. The predicted molar refractivity (Wildman–Crippen MR) is 73.9 cm³/mol. The van der Waals surface area contributed by atoms with Gasteiger partial charge in [0.2, 0.25) is 0 Å². The fourth-order valence-corrected chi connectivity index (χ4v) is 2.07. The van der Waals surface area contributed by atoms with Crippen LogP contribution in [0.15, 0.2) is 22.6 Å². The molecule has 3 N–H and O–H groups in total. The quantitative estimate of drug-likeness (QED) is 0.831. The van der Waals surface area contributed by atoms with Crippen molar-refractivity contribution in [2.45, 2.75) is 26.8 Å². The largest absolute Gasteiger partial charge is 0.466 e. The minimum absolute atomic E-state index is 0.0516. The normalized spacial score (nSPS) is 12.4. The van der Waals surface area contributed by atoms with E-state index in [4.69, 9.17) is 21.8 Å². The van der Waals surface area contributed by atoms with Crippen molar-refractivity contribution in [1.82, 2.24) is 4.98 Å². The number of hydrogen-bond acceptors (Lipinski definition) is 4.